The number of nitrogens with one attached hydrogen (secondary N) is 4. The van der Waals surface area contributed by atoms with Gasteiger partial charge in [-0.25, -0.2) is 0 Å². The zero-order valence-electron chi connectivity index (χ0n) is 19.1. The highest BCUT2D eigenvalue weighted by atomic mass is 19.4. The minimum absolute atomic E-state index is 0.537. The van der Waals surface area contributed by atoms with E-state index in [1.54, 1.807) is 0 Å². The molecule has 1 fully saturated rings. The number of rotatable bonds is 7. The Labute approximate surface area is 197 Å². The predicted octanol–water partition coefficient (Wildman–Crippen LogP) is 6.04. The molecule has 34 heavy (non-hydrogen) atoms. The Balaban J connectivity index is 1.34. The fourth-order valence-corrected chi connectivity index (χ4v) is 3.68. The van der Waals surface area contributed by atoms with Gasteiger partial charge in [0.1, 0.15) is 0 Å². The molecule has 1 saturated heterocycles. The van der Waals surface area contributed by atoms with Crippen LogP contribution in [0.2, 0.25) is 0 Å². The monoisotopic (exact) mass is 471 g/mol. The average molecular weight is 472 g/mol. The molecule has 6 nitrogen and oxygen atoms in total. The van der Waals surface area contributed by atoms with Gasteiger partial charge in [0.2, 0.25) is 0 Å². The van der Waals surface area contributed by atoms with Crippen molar-refractivity contribution in [2.75, 3.05) is 52.9 Å². The lowest BCUT2D eigenvalue weighted by molar-refractivity contribution is -0.137. The number of hydrogen-bond acceptors (Lipinski definition) is 6. The van der Waals surface area contributed by atoms with Gasteiger partial charge in [-0.05, 0) is 85.6 Å². The summed E-state index contributed by atoms with van der Waals surface area (Å²) in [6.07, 6.45) is -4.35. The molecule has 0 aromatic heterocycles. The van der Waals surface area contributed by atoms with E-state index in [0.717, 1.165) is 66.6 Å². The van der Waals surface area contributed by atoms with E-state index in [0.29, 0.717) is 5.69 Å². The third-order valence-electron chi connectivity index (χ3n) is 5.71. The van der Waals surface area contributed by atoms with Crippen molar-refractivity contribution in [3.8, 4) is 0 Å². The van der Waals surface area contributed by atoms with Crippen LogP contribution in [0.25, 0.3) is 0 Å². The Kier molecular flexibility index (Phi) is 7.02. The van der Waals surface area contributed by atoms with Crippen LogP contribution in [-0.2, 0) is 10.9 Å². The average Bonchev–Trinajstić information content (AvgIpc) is 2.84. The van der Waals surface area contributed by atoms with Gasteiger partial charge in [-0.1, -0.05) is 0 Å². The summed E-state index contributed by atoms with van der Waals surface area (Å²) in [7, 11) is 0. The van der Waals surface area contributed by atoms with Crippen LogP contribution >= 0.6 is 0 Å². The van der Waals surface area contributed by atoms with E-state index < -0.39 is 11.7 Å². The largest absolute Gasteiger partial charge is 0.416 e. The Morgan fingerprint density at radius 2 is 1.18 bits per heavy atom. The summed E-state index contributed by atoms with van der Waals surface area (Å²) >= 11 is 0. The minimum atomic E-state index is -4.35. The van der Waals surface area contributed by atoms with Crippen LogP contribution in [-0.4, -0.2) is 26.3 Å². The number of hydrogen-bond donors (Lipinski definition) is 4. The van der Waals surface area contributed by atoms with E-state index in [9.17, 15) is 13.2 Å². The Morgan fingerprint density at radius 3 is 1.65 bits per heavy atom. The zero-order valence-corrected chi connectivity index (χ0v) is 19.1. The molecule has 1 heterocycles. The van der Waals surface area contributed by atoms with Gasteiger partial charge in [-0.3, -0.25) is 0 Å². The number of nitrogens with zero attached hydrogens (tertiary/aromatic N) is 1. The van der Waals surface area contributed by atoms with E-state index >= 15 is 0 Å². The van der Waals surface area contributed by atoms with E-state index in [1.807, 2.05) is 38.1 Å². The van der Waals surface area contributed by atoms with Crippen molar-refractivity contribution in [3.63, 3.8) is 0 Å². The van der Waals surface area contributed by atoms with Gasteiger partial charge >= 0.3 is 6.18 Å². The molecule has 0 saturated carbocycles. The second-order valence-corrected chi connectivity index (χ2v) is 8.20. The normalized spacial score (nSPS) is 14.0. The third kappa shape index (κ3) is 5.85. The highest BCUT2D eigenvalue weighted by Gasteiger charge is 2.29. The van der Waals surface area contributed by atoms with Crippen LogP contribution in [0, 0.1) is 13.8 Å². The van der Waals surface area contributed by atoms with Gasteiger partial charge in [-0.2, -0.15) is 13.2 Å². The van der Waals surface area contributed by atoms with Crippen LogP contribution in [0.1, 0.15) is 16.7 Å². The molecule has 180 valence electrons. The molecule has 4 rings (SSSR count). The molecule has 4 N–H and O–H groups in total. The standard InChI is InChI=1S/C25H28F3N5O/c1-17-16-24(32-30-21-7-9-22(10-8-21)33-11-13-34-14-12-33)18(2)15-23(17)31-29-20-5-3-19(4-6-20)25(26,27)28/h3-10,15-16,29-32H,11-14H2,1-2H3. The highest BCUT2D eigenvalue weighted by Crippen LogP contribution is 2.30. The fraction of sp³-hybridized carbons (Fsp3) is 0.280. The topological polar surface area (TPSA) is 60.6 Å². The molecule has 3 aromatic rings. The molecule has 0 aliphatic carbocycles. The first-order valence-electron chi connectivity index (χ1n) is 11.0. The van der Waals surface area contributed by atoms with Crippen molar-refractivity contribution in [1.29, 1.82) is 0 Å². The van der Waals surface area contributed by atoms with Crippen molar-refractivity contribution in [1.82, 2.24) is 0 Å². The first-order chi connectivity index (χ1) is 16.3. The number of anilines is 5. The van der Waals surface area contributed by atoms with Crippen molar-refractivity contribution in [2.45, 2.75) is 20.0 Å². The number of hydrazine groups is 2. The lowest BCUT2D eigenvalue weighted by Gasteiger charge is -2.29. The first kappa shape index (κ1) is 23.6. The lowest BCUT2D eigenvalue weighted by Crippen LogP contribution is -2.36. The summed E-state index contributed by atoms with van der Waals surface area (Å²) in [5.41, 5.74) is 18.2. The van der Waals surface area contributed by atoms with Gasteiger partial charge in [0.25, 0.3) is 0 Å². The summed E-state index contributed by atoms with van der Waals surface area (Å²) < 4.78 is 43.6. The van der Waals surface area contributed by atoms with Crippen LogP contribution in [0.5, 0.6) is 0 Å². The smallest absolute Gasteiger partial charge is 0.378 e. The van der Waals surface area contributed by atoms with Gasteiger partial charge in [0, 0.05) is 18.8 Å². The number of benzene rings is 3. The first-order valence-corrected chi connectivity index (χ1v) is 11.0. The molecule has 0 amide bonds. The number of ether oxygens (including phenoxy) is 1. The third-order valence-corrected chi connectivity index (χ3v) is 5.71. The van der Waals surface area contributed by atoms with Crippen LogP contribution < -0.4 is 26.6 Å². The van der Waals surface area contributed by atoms with Crippen molar-refractivity contribution in [2.24, 2.45) is 0 Å². The minimum Gasteiger partial charge on any atom is -0.378 e. The second-order valence-electron chi connectivity index (χ2n) is 8.20. The summed E-state index contributed by atoms with van der Waals surface area (Å²) in [6.45, 7) is 7.25. The molecule has 3 aromatic carbocycles. The molecule has 0 bridgehead atoms. The Morgan fingerprint density at radius 1 is 0.706 bits per heavy atom. The molecule has 0 atom stereocenters. The second kappa shape index (κ2) is 10.1. The van der Waals surface area contributed by atoms with Gasteiger partial charge in [0.05, 0.1) is 41.5 Å². The number of aryl methyl sites for hydroxylation is 2. The Hall–Kier alpha value is -3.59. The van der Waals surface area contributed by atoms with Crippen molar-refractivity contribution >= 4 is 28.4 Å². The molecule has 0 spiro atoms. The molecule has 9 heteroatoms. The van der Waals surface area contributed by atoms with E-state index in [2.05, 4.69) is 38.7 Å². The molecule has 1 aliphatic rings. The van der Waals surface area contributed by atoms with E-state index in [-0.39, 0.29) is 0 Å². The molecular weight excluding hydrogens is 443 g/mol. The molecule has 0 radical (unpaired) electrons. The van der Waals surface area contributed by atoms with Crippen molar-refractivity contribution < 1.29 is 17.9 Å². The van der Waals surface area contributed by atoms with Gasteiger partial charge in [-0.15, -0.1) is 0 Å². The van der Waals surface area contributed by atoms with E-state index in [1.165, 1.54) is 17.8 Å². The number of halogens is 3. The zero-order chi connectivity index (χ0) is 24.1. The maximum Gasteiger partial charge on any atom is 0.416 e. The molecule has 0 unspecified atom stereocenters. The maximum absolute atomic E-state index is 12.7. The SMILES string of the molecule is Cc1cc(NNc2ccc(C(F)(F)F)cc2)c(C)cc1NNc1ccc(N2CCOCC2)cc1. The Bertz CT molecular complexity index is 1100. The predicted molar refractivity (Wildman–Crippen MR) is 131 cm³/mol. The molecule has 1 aliphatic heterocycles. The lowest BCUT2D eigenvalue weighted by atomic mass is 10.1. The van der Waals surface area contributed by atoms with Crippen LogP contribution in [0.4, 0.5) is 41.6 Å². The summed E-state index contributed by atoms with van der Waals surface area (Å²) in [5.74, 6) is 0. The number of alkyl halides is 3. The van der Waals surface area contributed by atoms with Gasteiger partial charge < -0.3 is 31.3 Å². The molecular formula is C25H28F3N5O. The summed E-state index contributed by atoms with van der Waals surface area (Å²) in [4.78, 5) is 2.30. The number of morpholine rings is 1. The van der Waals surface area contributed by atoms with Gasteiger partial charge in [0.15, 0.2) is 0 Å². The quantitative estimate of drug-likeness (QED) is 0.316. The van der Waals surface area contributed by atoms with Crippen LogP contribution in [0.3, 0.4) is 0 Å². The fourth-order valence-electron chi connectivity index (χ4n) is 3.68. The maximum atomic E-state index is 12.7. The highest BCUT2D eigenvalue weighted by molar-refractivity contribution is 5.67. The van der Waals surface area contributed by atoms with Crippen LogP contribution in [0.15, 0.2) is 60.7 Å². The van der Waals surface area contributed by atoms with Crippen molar-refractivity contribution in [3.05, 3.63) is 77.4 Å². The van der Waals surface area contributed by atoms with E-state index in [4.69, 9.17) is 4.74 Å². The summed E-state index contributed by atoms with van der Waals surface area (Å²) in [5, 5.41) is 0. The summed E-state index contributed by atoms with van der Waals surface area (Å²) in [6, 6.07) is 17.1.